The summed E-state index contributed by atoms with van der Waals surface area (Å²) < 4.78 is 0. The molecule has 5 nitrogen and oxygen atoms in total. The minimum Gasteiger partial charge on any atom is -0.478 e. The van der Waals surface area contributed by atoms with Crippen LogP contribution in [0.5, 0.6) is 0 Å². The number of carboxylic acids is 1. The Hall–Kier alpha value is -1.88. The molecule has 0 spiro atoms. The molecule has 0 aromatic heterocycles. The summed E-state index contributed by atoms with van der Waals surface area (Å²) in [6.45, 7) is 2.57. The second-order valence-electron chi connectivity index (χ2n) is 4.79. The van der Waals surface area contributed by atoms with Gasteiger partial charge in [0.1, 0.15) is 0 Å². The summed E-state index contributed by atoms with van der Waals surface area (Å²) in [5, 5.41) is 11.6. The van der Waals surface area contributed by atoms with E-state index in [1.165, 1.54) is 0 Å². The first-order valence-electron chi connectivity index (χ1n) is 6.90. The Kier molecular flexibility index (Phi) is 6.73. The number of aromatic carboxylic acids is 1. The predicted octanol–water partition coefficient (Wildman–Crippen LogP) is 1.56. The molecule has 0 bridgehead atoms. The molecular weight excluding hydrogens is 256 g/mol. The van der Waals surface area contributed by atoms with Crippen LogP contribution in [0.25, 0.3) is 0 Å². The van der Waals surface area contributed by atoms with Gasteiger partial charge in [-0.1, -0.05) is 31.9 Å². The topological polar surface area (TPSA) is 92.4 Å². The molecule has 1 aromatic rings. The Labute approximate surface area is 119 Å². The molecule has 4 N–H and O–H groups in total. The number of amides is 1. The van der Waals surface area contributed by atoms with Crippen molar-refractivity contribution >= 4 is 11.9 Å². The van der Waals surface area contributed by atoms with Gasteiger partial charge < -0.3 is 16.2 Å². The van der Waals surface area contributed by atoms with Crippen LogP contribution in [-0.2, 0) is 11.2 Å². The lowest BCUT2D eigenvalue weighted by Gasteiger charge is -2.11. The van der Waals surface area contributed by atoms with Crippen LogP contribution < -0.4 is 11.1 Å². The van der Waals surface area contributed by atoms with Crippen molar-refractivity contribution in [3.63, 3.8) is 0 Å². The van der Waals surface area contributed by atoms with Crippen LogP contribution in [0.3, 0.4) is 0 Å². The Balaban J connectivity index is 2.33. The molecule has 0 saturated heterocycles. The third kappa shape index (κ3) is 5.40. The third-order valence-electron chi connectivity index (χ3n) is 3.12. The summed E-state index contributed by atoms with van der Waals surface area (Å²) >= 11 is 0. The van der Waals surface area contributed by atoms with Gasteiger partial charge in [0.25, 0.3) is 0 Å². The highest BCUT2D eigenvalue weighted by atomic mass is 16.4. The van der Waals surface area contributed by atoms with Gasteiger partial charge in [-0.2, -0.15) is 0 Å². The lowest BCUT2D eigenvalue weighted by Crippen LogP contribution is -2.41. The number of hydrogen-bond donors (Lipinski definition) is 3. The molecule has 0 heterocycles. The molecule has 1 aromatic carbocycles. The van der Waals surface area contributed by atoms with E-state index in [0.717, 1.165) is 18.4 Å². The molecule has 1 atom stereocenters. The summed E-state index contributed by atoms with van der Waals surface area (Å²) in [6.07, 6.45) is 3.34. The maximum atomic E-state index is 11.7. The number of rotatable bonds is 8. The minimum absolute atomic E-state index is 0.124. The molecule has 0 fully saturated rings. The maximum Gasteiger partial charge on any atom is 0.335 e. The standard InChI is InChI=1S/C15H22N2O3/c1-2-3-4-13(16)14(18)17-10-9-11-5-7-12(8-6-11)15(19)20/h5-8,13H,2-4,9-10,16H2,1H3,(H,17,18)(H,19,20)/t13-/m0/s1. The van der Waals surface area contributed by atoms with Gasteiger partial charge in [0.2, 0.25) is 5.91 Å². The van der Waals surface area contributed by atoms with Crippen molar-refractivity contribution < 1.29 is 14.7 Å². The van der Waals surface area contributed by atoms with Crippen molar-refractivity contribution in [3.05, 3.63) is 35.4 Å². The molecule has 0 saturated carbocycles. The average Bonchev–Trinajstić information content (AvgIpc) is 2.45. The molecule has 1 rings (SSSR count). The Bertz CT molecular complexity index is 443. The third-order valence-corrected chi connectivity index (χ3v) is 3.12. The van der Waals surface area contributed by atoms with Crippen LogP contribution in [-0.4, -0.2) is 29.6 Å². The fourth-order valence-corrected chi connectivity index (χ4v) is 1.83. The van der Waals surface area contributed by atoms with E-state index in [-0.39, 0.29) is 11.5 Å². The molecule has 5 heteroatoms. The Morgan fingerprint density at radius 1 is 1.30 bits per heavy atom. The molecule has 0 aliphatic carbocycles. The van der Waals surface area contributed by atoms with E-state index in [9.17, 15) is 9.59 Å². The number of nitrogens with one attached hydrogen (secondary N) is 1. The van der Waals surface area contributed by atoms with Crippen molar-refractivity contribution in [3.8, 4) is 0 Å². The fourth-order valence-electron chi connectivity index (χ4n) is 1.83. The van der Waals surface area contributed by atoms with Gasteiger partial charge in [-0.25, -0.2) is 4.79 Å². The van der Waals surface area contributed by atoms with Crippen molar-refractivity contribution in [2.75, 3.05) is 6.54 Å². The van der Waals surface area contributed by atoms with Crippen LogP contribution >= 0.6 is 0 Å². The van der Waals surface area contributed by atoms with Crippen LogP contribution in [0.15, 0.2) is 24.3 Å². The second kappa shape index (κ2) is 8.32. The van der Waals surface area contributed by atoms with Crippen molar-refractivity contribution in [2.24, 2.45) is 5.73 Å². The molecule has 1 amide bonds. The van der Waals surface area contributed by atoms with Gasteiger partial charge in [0.15, 0.2) is 0 Å². The van der Waals surface area contributed by atoms with Crippen LogP contribution in [0, 0.1) is 0 Å². The van der Waals surface area contributed by atoms with E-state index in [4.69, 9.17) is 10.8 Å². The zero-order chi connectivity index (χ0) is 15.0. The summed E-state index contributed by atoms with van der Waals surface area (Å²) in [4.78, 5) is 22.4. The number of carbonyl (C=O) groups is 2. The first-order valence-corrected chi connectivity index (χ1v) is 6.90. The smallest absolute Gasteiger partial charge is 0.335 e. The number of benzene rings is 1. The summed E-state index contributed by atoms with van der Waals surface area (Å²) in [7, 11) is 0. The van der Waals surface area contributed by atoms with E-state index in [1.54, 1.807) is 24.3 Å². The zero-order valence-corrected chi connectivity index (χ0v) is 11.8. The average molecular weight is 278 g/mol. The van der Waals surface area contributed by atoms with Gasteiger partial charge in [-0.05, 0) is 30.5 Å². The van der Waals surface area contributed by atoms with Crippen molar-refractivity contribution in [1.82, 2.24) is 5.32 Å². The van der Waals surface area contributed by atoms with Crippen molar-refractivity contribution in [2.45, 2.75) is 38.6 Å². The summed E-state index contributed by atoms with van der Waals surface area (Å²) in [6, 6.07) is 6.20. The monoisotopic (exact) mass is 278 g/mol. The lowest BCUT2D eigenvalue weighted by atomic mass is 10.1. The van der Waals surface area contributed by atoms with Gasteiger partial charge in [-0.15, -0.1) is 0 Å². The molecule has 0 aliphatic rings. The highest BCUT2D eigenvalue weighted by Crippen LogP contribution is 2.05. The van der Waals surface area contributed by atoms with Gasteiger partial charge in [-0.3, -0.25) is 4.79 Å². The van der Waals surface area contributed by atoms with E-state index in [1.807, 2.05) is 0 Å². The minimum atomic E-state index is -0.938. The van der Waals surface area contributed by atoms with E-state index in [2.05, 4.69) is 12.2 Å². The fraction of sp³-hybridized carbons (Fsp3) is 0.467. The SMILES string of the molecule is CCCC[C@H](N)C(=O)NCCc1ccc(C(=O)O)cc1. The zero-order valence-electron chi connectivity index (χ0n) is 11.8. The molecule has 0 unspecified atom stereocenters. The molecule has 0 radical (unpaired) electrons. The lowest BCUT2D eigenvalue weighted by molar-refractivity contribution is -0.122. The van der Waals surface area contributed by atoms with Gasteiger partial charge in [0.05, 0.1) is 11.6 Å². The molecule has 0 aliphatic heterocycles. The van der Waals surface area contributed by atoms with Gasteiger partial charge in [0, 0.05) is 6.54 Å². The first-order chi connectivity index (χ1) is 9.54. The quantitative estimate of drug-likeness (QED) is 0.673. The van der Waals surface area contributed by atoms with E-state index >= 15 is 0 Å². The summed E-state index contributed by atoms with van der Waals surface area (Å²) in [5.74, 6) is -1.06. The largest absolute Gasteiger partial charge is 0.478 e. The van der Waals surface area contributed by atoms with E-state index in [0.29, 0.717) is 19.4 Å². The number of unbranched alkanes of at least 4 members (excludes halogenated alkanes) is 1. The van der Waals surface area contributed by atoms with Crippen molar-refractivity contribution in [1.29, 1.82) is 0 Å². The van der Waals surface area contributed by atoms with E-state index < -0.39 is 12.0 Å². The number of nitrogens with two attached hydrogens (primary N) is 1. The normalized spacial score (nSPS) is 11.9. The first kappa shape index (κ1) is 16.2. The van der Waals surface area contributed by atoms with Gasteiger partial charge >= 0.3 is 5.97 Å². The second-order valence-corrected chi connectivity index (χ2v) is 4.79. The molecule has 20 heavy (non-hydrogen) atoms. The number of carboxylic acid groups (broad SMARTS) is 1. The number of hydrogen-bond acceptors (Lipinski definition) is 3. The van der Waals surface area contributed by atoms with Crippen LogP contribution in [0.4, 0.5) is 0 Å². The highest BCUT2D eigenvalue weighted by Gasteiger charge is 2.11. The highest BCUT2D eigenvalue weighted by molar-refractivity contribution is 5.87. The Morgan fingerprint density at radius 2 is 1.95 bits per heavy atom. The van der Waals surface area contributed by atoms with Crippen LogP contribution in [0.1, 0.15) is 42.1 Å². The number of carbonyl (C=O) groups excluding carboxylic acids is 1. The predicted molar refractivity (Wildman–Crippen MR) is 77.6 cm³/mol. The maximum absolute atomic E-state index is 11.7. The Morgan fingerprint density at radius 3 is 2.50 bits per heavy atom. The summed E-state index contributed by atoms with van der Waals surface area (Å²) in [5.41, 5.74) is 7.01. The molecule has 110 valence electrons. The van der Waals surface area contributed by atoms with Crippen LogP contribution in [0.2, 0.25) is 0 Å². The molecular formula is C15H22N2O3.